The van der Waals surface area contributed by atoms with Gasteiger partial charge in [-0.25, -0.2) is 9.78 Å². The van der Waals surface area contributed by atoms with E-state index in [2.05, 4.69) is 4.98 Å². The van der Waals surface area contributed by atoms with Gasteiger partial charge in [0.1, 0.15) is 0 Å². The van der Waals surface area contributed by atoms with Gasteiger partial charge in [0.05, 0.1) is 21.3 Å². The number of piperidine rings is 1. The molecule has 0 aliphatic carbocycles. The van der Waals surface area contributed by atoms with Gasteiger partial charge in [-0.15, -0.1) is 11.3 Å². The number of amides is 1. The number of aromatic nitrogens is 1. The normalized spacial score (nSPS) is 21.4. The van der Waals surface area contributed by atoms with Gasteiger partial charge >= 0.3 is 5.97 Å². The Morgan fingerprint density at radius 3 is 2.78 bits per heavy atom. The standard InChI is InChI=1S/C17H20N2O3S/c1-11-4-3-5-12(2)19(11)16(20)9-22-17(21)13-6-7-14-15(8-13)23-10-18-14/h6-8,10-12H,3-5,9H2,1-2H3/t11-,12+. The molecule has 0 bridgehead atoms. The fraction of sp³-hybridized carbons (Fsp3) is 0.471. The molecule has 1 aromatic carbocycles. The molecule has 0 spiro atoms. The van der Waals surface area contributed by atoms with Crippen molar-refractivity contribution in [3.63, 3.8) is 0 Å². The van der Waals surface area contributed by atoms with Crippen molar-refractivity contribution in [3.05, 3.63) is 29.3 Å². The Morgan fingerprint density at radius 2 is 2.04 bits per heavy atom. The molecule has 1 aliphatic heterocycles. The van der Waals surface area contributed by atoms with Crippen LogP contribution in [0.3, 0.4) is 0 Å². The SMILES string of the molecule is C[C@@H]1CCC[C@H](C)N1C(=O)COC(=O)c1ccc2ncsc2c1. The summed E-state index contributed by atoms with van der Waals surface area (Å²) < 4.78 is 6.15. The van der Waals surface area contributed by atoms with Crippen molar-refractivity contribution in [2.24, 2.45) is 0 Å². The fourth-order valence-corrected chi connectivity index (χ4v) is 3.90. The minimum Gasteiger partial charge on any atom is -0.452 e. The Hall–Kier alpha value is -1.95. The number of fused-ring (bicyclic) bond motifs is 1. The van der Waals surface area contributed by atoms with Gasteiger partial charge in [0.2, 0.25) is 0 Å². The minimum atomic E-state index is -0.467. The summed E-state index contributed by atoms with van der Waals surface area (Å²) in [7, 11) is 0. The average Bonchev–Trinajstić information content (AvgIpc) is 3.00. The quantitative estimate of drug-likeness (QED) is 0.810. The van der Waals surface area contributed by atoms with E-state index in [-0.39, 0.29) is 24.6 Å². The van der Waals surface area contributed by atoms with E-state index in [1.54, 1.807) is 23.7 Å². The monoisotopic (exact) mass is 332 g/mol. The van der Waals surface area contributed by atoms with Crippen molar-refractivity contribution < 1.29 is 14.3 Å². The zero-order chi connectivity index (χ0) is 16.4. The summed E-state index contributed by atoms with van der Waals surface area (Å²) in [6.07, 6.45) is 3.15. The predicted molar refractivity (Wildman–Crippen MR) is 89.5 cm³/mol. The molecular weight excluding hydrogens is 312 g/mol. The second-order valence-electron chi connectivity index (χ2n) is 6.04. The Morgan fingerprint density at radius 1 is 1.30 bits per heavy atom. The summed E-state index contributed by atoms with van der Waals surface area (Å²) in [4.78, 5) is 30.5. The molecule has 0 radical (unpaired) electrons. The van der Waals surface area contributed by atoms with Crippen LogP contribution in [0.5, 0.6) is 0 Å². The molecule has 3 rings (SSSR count). The molecule has 23 heavy (non-hydrogen) atoms. The number of hydrogen-bond donors (Lipinski definition) is 0. The minimum absolute atomic E-state index is 0.114. The largest absolute Gasteiger partial charge is 0.452 e. The van der Waals surface area contributed by atoms with E-state index < -0.39 is 5.97 Å². The summed E-state index contributed by atoms with van der Waals surface area (Å²) in [6.45, 7) is 3.90. The lowest BCUT2D eigenvalue weighted by atomic mass is 9.97. The molecule has 1 aliphatic rings. The molecule has 2 atom stereocenters. The van der Waals surface area contributed by atoms with Crippen molar-refractivity contribution >= 4 is 33.4 Å². The van der Waals surface area contributed by atoms with E-state index in [1.165, 1.54) is 11.3 Å². The molecule has 1 fully saturated rings. The van der Waals surface area contributed by atoms with Gasteiger partial charge in [-0.2, -0.15) is 0 Å². The zero-order valence-corrected chi connectivity index (χ0v) is 14.1. The second-order valence-corrected chi connectivity index (χ2v) is 6.93. The van der Waals surface area contributed by atoms with Gasteiger partial charge in [0.15, 0.2) is 6.61 Å². The highest BCUT2D eigenvalue weighted by Crippen LogP contribution is 2.23. The van der Waals surface area contributed by atoms with Crippen LogP contribution in [-0.2, 0) is 9.53 Å². The number of ether oxygens (including phenoxy) is 1. The van der Waals surface area contributed by atoms with E-state index in [0.29, 0.717) is 5.56 Å². The lowest BCUT2D eigenvalue weighted by molar-refractivity contribution is -0.140. The molecule has 122 valence electrons. The van der Waals surface area contributed by atoms with E-state index >= 15 is 0 Å². The maximum Gasteiger partial charge on any atom is 0.338 e. The Labute approximate surface area is 139 Å². The number of rotatable bonds is 3. The van der Waals surface area contributed by atoms with Gasteiger partial charge in [-0.1, -0.05) is 0 Å². The average molecular weight is 332 g/mol. The van der Waals surface area contributed by atoms with Crippen molar-refractivity contribution in [2.75, 3.05) is 6.61 Å². The molecule has 1 saturated heterocycles. The van der Waals surface area contributed by atoms with Crippen LogP contribution in [0.4, 0.5) is 0 Å². The number of carbonyl (C=O) groups is 2. The van der Waals surface area contributed by atoms with Crippen molar-refractivity contribution in [2.45, 2.75) is 45.2 Å². The topological polar surface area (TPSA) is 59.5 Å². The number of benzene rings is 1. The van der Waals surface area contributed by atoms with E-state index in [1.807, 2.05) is 18.7 Å². The fourth-order valence-electron chi connectivity index (χ4n) is 3.18. The number of carbonyl (C=O) groups excluding carboxylic acids is 2. The van der Waals surface area contributed by atoms with Crippen molar-refractivity contribution in [3.8, 4) is 0 Å². The molecule has 2 heterocycles. The van der Waals surface area contributed by atoms with Gasteiger partial charge in [0, 0.05) is 12.1 Å². The van der Waals surface area contributed by atoms with Gasteiger partial charge in [0.25, 0.3) is 5.91 Å². The Balaban J connectivity index is 1.62. The van der Waals surface area contributed by atoms with Crippen LogP contribution in [0.1, 0.15) is 43.5 Å². The van der Waals surface area contributed by atoms with Crippen molar-refractivity contribution in [1.82, 2.24) is 9.88 Å². The first-order valence-corrected chi connectivity index (χ1v) is 8.76. The van der Waals surface area contributed by atoms with Crippen LogP contribution in [0.25, 0.3) is 10.2 Å². The maximum atomic E-state index is 12.4. The number of nitrogens with zero attached hydrogens (tertiary/aromatic N) is 2. The first-order chi connectivity index (χ1) is 11.1. The smallest absolute Gasteiger partial charge is 0.338 e. The summed E-state index contributed by atoms with van der Waals surface area (Å²) in [5, 5.41) is 0. The molecule has 1 aromatic heterocycles. The van der Waals surface area contributed by atoms with Crippen LogP contribution < -0.4 is 0 Å². The van der Waals surface area contributed by atoms with Crippen LogP contribution in [0.2, 0.25) is 0 Å². The molecule has 6 heteroatoms. The summed E-state index contributed by atoms with van der Waals surface area (Å²) in [5.74, 6) is -0.581. The number of likely N-dealkylation sites (tertiary alicyclic amines) is 1. The molecule has 0 saturated carbocycles. The number of esters is 1. The maximum absolute atomic E-state index is 12.4. The molecule has 0 N–H and O–H groups in total. The molecule has 0 unspecified atom stereocenters. The van der Waals surface area contributed by atoms with E-state index in [4.69, 9.17) is 4.74 Å². The highest BCUT2D eigenvalue weighted by atomic mass is 32.1. The highest BCUT2D eigenvalue weighted by Gasteiger charge is 2.29. The zero-order valence-electron chi connectivity index (χ0n) is 13.3. The van der Waals surface area contributed by atoms with Crippen molar-refractivity contribution in [1.29, 1.82) is 0 Å². The number of hydrogen-bond acceptors (Lipinski definition) is 5. The van der Waals surface area contributed by atoms with Crippen LogP contribution >= 0.6 is 11.3 Å². The van der Waals surface area contributed by atoms with E-state index in [0.717, 1.165) is 29.5 Å². The van der Waals surface area contributed by atoms with Gasteiger partial charge in [-0.3, -0.25) is 4.79 Å². The van der Waals surface area contributed by atoms with Gasteiger partial charge in [-0.05, 0) is 51.3 Å². The van der Waals surface area contributed by atoms with E-state index in [9.17, 15) is 9.59 Å². The molecule has 2 aromatic rings. The summed E-state index contributed by atoms with van der Waals surface area (Å²) in [5.41, 5.74) is 3.05. The van der Waals surface area contributed by atoms with Gasteiger partial charge < -0.3 is 9.64 Å². The second kappa shape index (κ2) is 6.66. The first kappa shape index (κ1) is 15.9. The summed E-state index contributed by atoms with van der Waals surface area (Å²) >= 11 is 1.47. The summed E-state index contributed by atoms with van der Waals surface area (Å²) in [6, 6.07) is 5.64. The Kier molecular flexibility index (Phi) is 4.61. The molecule has 5 nitrogen and oxygen atoms in total. The van der Waals surface area contributed by atoms with Crippen LogP contribution in [0, 0.1) is 0 Å². The van der Waals surface area contributed by atoms with Crippen LogP contribution in [0.15, 0.2) is 23.7 Å². The highest BCUT2D eigenvalue weighted by molar-refractivity contribution is 7.16. The predicted octanol–water partition coefficient (Wildman–Crippen LogP) is 3.24. The number of thiazole rings is 1. The lowest BCUT2D eigenvalue weighted by Crippen LogP contribution is -2.49. The van der Waals surface area contributed by atoms with Crippen LogP contribution in [-0.4, -0.2) is 40.5 Å². The third kappa shape index (κ3) is 3.37. The molecular formula is C17H20N2O3S. The Bertz CT molecular complexity index is 717. The third-order valence-corrected chi connectivity index (χ3v) is 5.17. The molecule has 1 amide bonds. The first-order valence-electron chi connectivity index (χ1n) is 7.88. The third-order valence-electron chi connectivity index (χ3n) is 4.38. The lowest BCUT2D eigenvalue weighted by Gasteiger charge is -2.38.